The van der Waals surface area contributed by atoms with Crippen LogP contribution >= 0.6 is 0 Å². The van der Waals surface area contributed by atoms with E-state index in [-0.39, 0.29) is 4.90 Å². The van der Waals surface area contributed by atoms with E-state index in [9.17, 15) is 8.42 Å². The van der Waals surface area contributed by atoms with Crippen LogP contribution in [0.5, 0.6) is 5.75 Å². The molecule has 2 heterocycles. The van der Waals surface area contributed by atoms with E-state index in [1.165, 1.54) is 5.56 Å². The summed E-state index contributed by atoms with van der Waals surface area (Å²) >= 11 is 0. The van der Waals surface area contributed by atoms with Crippen LogP contribution in [0.2, 0.25) is 0 Å². The fraction of sp³-hybridized carbons (Fsp3) is 0.526. The molecule has 0 amide bonds. The maximum atomic E-state index is 12.5. The summed E-state index contributed by atoms with van der Waals surface area (Å²) in [6.07, 6.45) is 6.11. The van der Waals surface area contributed by atoms with Crippen molar-refractivity contribution in [1.82, 2.24) is 19.4 Å². The van der Waals surface area contributed by atoms with E-state index < -0.39 is 10.0 Å². The number of aryl methyl sites for hydroxylation is 1. The molecule has 1 aliphatic heterocycles. The summed E-state index contributed by atoms with van der Waals surface area (Å²) in [5, 5.41) is 4.32. The van der Waals surface area contributed by atoms with Gasteiger partial charge in [-0.05, 0) is 56.5 Å². The van der Waals surface area contributed by atoms with Crippen molar-refractivity contribution in [3.05, 3.63) is 42.2 Å². The molecule has 148 valence electrons. The third-order valence-electron chi connectivity index (χ3n) is 4.95. The Morgan fingerprint density at radius 3 is 2.74 bits per heavy atom. The molecule has 1 N–H and O–H groups in total. The molecule has 1 aliphatic rings. The summed E-state index contributed by atoms with van der Waals surface area (Å²) in [7, 11) is -1.94. The minimum atomic E-state index is -3.50. The van der Waals surface area contributed by atoms with E-state index in [1.54, 1.807) is 31.4 Å². The van der Waals surface area contributed by atoms with Gasteiger partial charge in [-0.2, -0.15) is 5.10 Å². The molecule has 2 aromatic rings. The number of hydrogen-bond acceptors (Lipinski definition) is 5. The lowest BCUT2D eigenvalue weighted by Gasteiger charge is -2.32. The molecule has 8 heteroatoms. The van der Waals surface area contributed by atoms with Gasteiger partial charge in [-0.3, -0.25) is 9.58 Å². The second-order valence-corrected chi connectivity index (χ2v) is 8.74. The number of nitrogens with one attached hydrogen (secondary N) is 1. The Kier molecular flexibility index (Phi) is 6.51. The highest BCUT2D eigenvalue weighted by atomic mass is 32.2. The van der Waals surface area contributed by atoms with Crippen LogP contribution in [-0.4, -0.2) is 49.8 Å². The van der Waals surface area contributed by atoms with Crippen molar-refractivity contribution in [2.24, 2.45) is 5.92 Å². The molecule has 0 bridgehead atoms. The Balaban J connectivity index is 1.53. The van der Waals surface area contributed by atoms with Crippen LogP contribution < -0.4 is 9.46 Å². The van der Waals surface area contributed by atoms with Gasteiger partial charge in [0.2, 0.25) is 10.0 Å². The molecule has 27 heavy (non-hydrogen) atoms. The molecule has 0 aliphatic carbocycles. The molecule has 1 fully saturated rings. The zero-order chi connectivity index (χ0) is 19.3. The lowest BCUT2D eigenvalue weighted by molar-refractivity contribution is 0.169. The van der Waals surface area contributed by atoms with Crippen LogP contribution in [0.3, 0.4) is 0 Å². The summed E-state index contributed by atoms with van der Waals surface area (Å²) in [6.45, 7) is 6.20. The highest BCUT2D eigenvalue weighted by Crippen LogP contribution is 2.20. The maximum absolute atomic E-state index is 12.5. The van der Waals surface area contributed by atoms with Crippen molar-refractivity contribution >= 4 is 10.0 Å². The molecule has 0 saturated carbocycles. The summed E-state index contributed by atoms with van der Waals surface area (Å²) in [5.74, 6) is 0.955. The van der Waals surface area contributed by atoms with Gasteiger partial charge in [0, 0.05) is 37.9 Å². The van der Waals surface area contributed by atoms with E-state index in [1.807, 2.05) is 10.9 Å². The van der Waals surface area contributed by atoms with Crippen molar-refractivity contribution in [1.29, 1.82) is 0 Å². The third kappa shape index (κ3) is 5.31. The molecule has 1 atom stereocenters. The zero-order valence-corrected chi connectivity index (χ0v) is 16.8. The van der Waals surface area contributed by atoms with E-state index in [2.05, 4.69) is 27.8 Å². The first-order valence-corrected chi connectivity index (χ1v) is 10.9. The van der Waals surface area contributed by atoms with Crippen LogP contribution in [0.1, 0.15) is 25.3 Å². The van der Waals surface area contributed by atoms with Gasteiger partial charge in [-0.15, -0.1) is 0 Å². The van der Waals surface area contributed by atoms with Crippen molar-refractivity contribution in [2.45, 2.75) is 37.8 Å². The molecule has 1 saturated heterocycles. The topological polar surface area (TPSA) is 76.5 Å². The predicted octanol–water partition coefficient (Wildman–Crippen LogP) is 2.10. The summed E-state index contributed by atoms with van der Waals surface area (Å²) < 4.78 is 34.8. The average molecular weight is 393 g/mol. The Morgan fingerprint density at radius 2 is 2.07 bits per heavy atom. The SMILES string of the molecule is CCn1cc(CN2CCC[C@@H](CNS(=O)(=O)c3ccc(OC)cc3)C2)cn1. The molecular weight excluding hydrogens is 364 g/mol. The van der Waals surface area contributed by atoms with Crippen LogP contribution in [0.15, 0.2) is 41.6 Å². The van der Waals surface area contributed by atoms with Crippen LogP contribution in [0.25, 0.3) is 0 Å². The van der Waals surface area contributed by atoms with E-state index in [0.717, 1.165) is 39.0 Å². The number of rotatable bonds is 8. The summed E-state index contributed by atoms with van der Waals surface area (Å²) in [4.78, 5) is 2.65. The van der Waals surface area contributed by atoms with Crippen LogP contribution in [-0.2, 0) is 23.1 Å². The molecule has 1 aromatic carbocycles. The zero-order valence-electron chi connectivity index (χ0n) is 16.0. The van der Waals surface area contributed by atoms with Gasteiger partial charge in [0.1, 0.15) is 5.75 Å². The smallest absolute Gasteiger partial charge is 0.240 e. The number of likely N-dealkylation sites (tertiary alicyclic amines) is 1. The average Bonchev–Trinajstić information content (AvgIpc) is 3.14. The maximum Gasteiger partial charge on any atom is 0.240 e. The minimum Gasteiger partial charge on any atom is -0.497 e. The molecule has 7 nitrogen and oxygen atoms in total. The van der Waals surface area contributed by atoms with Crippen LogP contribution in [0, 0.1) is 5.92 Å². The van der Waals surface area contributed by atoms with Gasteiger partial charge in [0.05, 0.1) is 18.2 Å². The number of piperidine rings is 1. The fourth-order valence-corrected chi connectivity index (χ4v) is 4.56. The normalized spacial score (nSPS) is 18.5. The van der Waals surface area contributed by atoms with Gasteiger partial charge >= 0.3 is 0 Å². The third-order valence-corrected chi connectivity index (χ3v) is 6.39. The monoisotopic (exact) mass is 392 g/mol. The van der Waals surface area contributed by atoms with Gasteiger partial charge in [0.25, 0.3) is 0 Å². The van der Waals surface area contributed by atoms with Crippen molar-refractivity contribution in [3.8, 4) is 5.75 Å². The van der Waals surface area contributed by atoms with Crippen molar-refractivity contribution in [2.75, 3.05) is 26.7 Å². The number of ether oxygens (including phenoxy) is 1. The molecule has 0 unspecified atom stereocenters. The molecular formula is C19H28N4O3S. The Hall–Kier alpha value is -1.90. The number of methoxy groups -OCH3 is 1. The Bertz CT molecular complexity index is 833. The van der Waals surface area contributed by atoms with Gasteiger partial charge in [0.15, 0.2) is 0 Å². The minimum absolute atomic E-state index is 0.267. The summed E-state index contributed by atoms with van der Waals surface area (Å²) in [5.41, 5.74) is 1.20. The largest absolute Gasteiger partial charge is 0.497 e. The van der Waals surface area contributed by atoms with E-state index in [0.29, 0.717) is 18.2 Å². The first kappa shape index (κ1) is 19.9. The number of benzene rings is 1. The standard InChI is InChI=1S/C19H28N4O3S/c1-3-23-15-17(11-20-23)14-22-10-4-5-16(13-22)12-21-27(24,25)19-8-6-18(26-2)7-9-19/h6-9,11,15-16,21H,3-5,10,12-14H2,1-2H3/t16-/m0/s1. The number of aromatic nitrogens is 2. The second kappa shape index (κ2) is 8.86. The quantitative estimate of drug-likeness (QED) is 0.745. The first-order valence-electron chi connectivity index (χ1n) is 9.37. The fourth-order valence-electron chi connectivity index (χ4n) is 3.45. The Morgan fingerprint density at radius 1 is 1.30 bits per heavy atom. The van der Waals surface area contributed by atoms with Gasteiger partial charge in [-0.1, -0.05) is 0 Å². The molecule has 3 rings (SSSR count). The van der Waals surface area contributed by atoms with Gasteiger partial charge < -0.3 is 4.74 Å². The highest BCUT2D eigenvalue weighted by molar-refractivity contribution is 7.89. The van der Waals surface area contributed by atoms with Crippen molar-refractivity contribution in [3.63, 3.8) is 0 Å². The molecule has 1 aromatic heterocycles. The van der Waals surface area contributed by atoms with Gasteiger partial charge in [-0.25, -0.2) is 13.1 Å². The number of nitrogens with zero attached hydrogens (tertiary/aromatic N) is 3. The lowest BCUT2D eigenvalue weighted by Crippen LogP contribution is -2.40. The summed E-state index contributed by atoms with van der Waals surface area (Å²) in [6, 6.07) is 6.46. The number of hydrogen-bond donors (Lipinski definition) is 1. The van der Waals surface area contributed by atoms with Crippen LogP contribution in [0.4, 0.5) is 0 Å². The molecule has 0 spiro atoms. The number of sulfonamides is 1. The molecule has 0 radical (unpaired) electrons. The second-order valence-electron chi connectivity index (χ2n) is 6.98. The first-order chi connectivity index (χ1) is 13.0. The highest BCUT2D eigenvalue weighted by Gasteiger charge is 2.23. The van der Waals surface area contributed by atoms with Crippen molar-refractivity contribution < 1.29 is 13.2 Å². The lowest BCUT2D eigenvalue weighted by atomic mass is 9.98. The van der Waals surface area contributed by atoms with E-state index >= 15 is 0 Å². The Labute approximate surface area is 161 Å². The predicted molar refractivity (Wildman–Crippen MR) is 104 cm³/mol. The van der Waals surface area contributed by atoms with E-state index in [4.69, 9.17) is 4.74 Å².